The summed E-state index contributed by atoms with van der Waals surface area (Å²) in [6.45, 7) is 6.21. The normalized spacial score (nSPS) is 31.7. The summed E-state index contributed by atoms with van der Waals surface area (Å²) in [4.78, 5) is 2.53. The molecule has 0 saturated carbocycles. The molecule has 1 rings (SSSR count). The lowest BCUT2D eigenvalue weighted by Gasteiger charge is -2.40. The van der Waals surface area contributed by atoms with Crippen LogP contribution < -0.4 is 5.73 Å². The first-order chi connectivity index (χ1) is 6.69. The van der Waals surface area contributed by atoms with Crippen molar-refractivity contribution in [3.05, 3.63) is 0 Å². The van der Waals surface area contributed by atoms with Crippen molar-refractivity contribution < 1.29 is 4.74 Å². The number of nitrogens with two attached hydrogens (primary N) is 1. The van der Waals surface area contributed by atoms with Gasteiger partial charge in [-0.2, -0.15) is 0 Å². The largest absolute Gasteiger partial charge is 0.379 e. The van der Waals surface area contributed by atoms with Gasteiger partial charge >= 0.3 is 0 Å². The Labute approximate surface area is 87.6 Å². The second-order valence-corrected chi connectivity index (χ2v) is 4.42. The van der Waals surface area contributed by atoms with Gasteiger partial charge in [0.15, 0.2) is 0 Å². The van der Waals surface area contributed by atoms with E-state index in [1.165, 1.54) is 19.3 Å². The van der Waals surface area contributed by atoms with E-state index in [1.807, 2.05) is 0 Å². The molecule has 0 aromatic rings. The molecular weight excluding hydrogens is 176 g/mol. The van der Waals surface area contributed by atoms with Crippen molar-refractivity contribution in [1.82, 2.24) is 4.90 Å². The lowest BCUT2D eigenvalue weighted by molar-refractivity contribution is 0.0220. The number of rotatable bonds is 4. The smallest absolute Gasteiger partial charge is 0.0820 e. The second kappa shape index (κ2) is 5.69. The van der Waals surface area contributed by atoms with Gasteiger partial charge in [0.05, 0.1) is 6.10 Å². The summed E-state index contributed by atoms with van der Waals surface area (Å²) in [6.07, 6.45) is 4.17. The molecule has 3 nitrogen and oxygen atoms in total. The summed E-state index contributed by atoms with van der Waals surface area (Å²) in [6, 6.07) is 1.37. The summed E-state index contributed by atoms with van der Waals surface area (Å²) >= 11 is 0. The van der Waals surface area contributed by atoms with E-state index in [4.69, 9.17) is 10.5 Å². The molecule has 1 aliphatic heterocycles. The van der Waals surface area contributed by atoms with Gasteiger partial charge in [0.25, 0.3) is 0 Å². The van der Waals surface area contributed by atoms with Crippen molar-refractivity contribution in [2.24, 2.45) is 5.73 Å². The highest BCUT2D eigenvalue weighted by Gasteiger charge is 2.26. The van der Waals surface area contributed by atoms with E-state index in [0.717, 1.165) is 6.54 Å². The number of methoxy groups -OCH3 is 1. The zero-order valence-corrected chi connectivity index (χ0v) is 9.70. The number of piperidine rings is 1. The first-order valence-electron chi connectivity index (χ1n) is 5.67. The first kappa shape index (κ1) is 12.0. The highest BCUT2D eigenvalue weighted by Crippen LogP contribution is 2.22. The molecule has 1 aliphatic rings. The molecule has 2 N–H and O–H groups in total. The van der Waals surface area contributed by atoms with Crippen LogP contribution in [0.4, 0.5) is 0 Å². The van der Waals surface area contributed by atoms with Crippen LogP contribution in [0.15, 0.2) is 0 Å². The maximum absolute atomic E-state index is 5.64. The Morgan fingerprint density at radius 3 is 2.36 bits per heavy atom. The van der Waals surface area contributed by atoms with E-state index >= 15 is 0 Å². The maximum atomic E-state index is 5.64. The molecule has 1 unspecified atom stereocenters. The van der Waals surface area contributed by atoms with Gasteiger partial charge in [-0.05, 0) is 26.7 Å². The molecule has 1 fully saturated rings. The van der Waals surface area contributed by atoms with Crippen LogP contribution in [0.1, 0.15) is 33.1 Å². The first-order valence-corrected chi connectivity index (χ1v) is 5.67. The molecule has 0 aromatic carbocycles. The monoisotopic (exact) mass is 200 g/mol. The lowest BCUT2D eigenvalue weighted by Crippen LogP contribution is -2.49. The zero-order chi connectivity index (χ0) is 10.6. The van der Waals surface area contributed by atoms with Crippen LogP contribution in [-0.4, -0.2) is 43.3 Å². The Hall–Kier alpha value is -0.120. The van der Waals surface area contributed by atoms with Crippen molar-refractivity contribution in [2.45, 2.75) is 51.3 Å². The molecular formula is C11H24N2O. The van der Waals surface area contributed by atoms with Gasteiger partial charge in [0.1, 0.15) is 0 Å². The van der Waals surface area contributed by atoms with Gasteiger partial charge in [0.2, 0.25) is 0 Å². The standard InChI is InChI=1S/C11H24N2O/c1-9-5-4-6-10(2)13(9)8-11(7-12)14-3/h9-11H,4-8,12H2,1-3H3/t9-,10+,11?. The minimum absolute atomic E-state index is 0.193. The molecule has 0 amide bonds. The minimum atomic E-state index is 0.193. The van der Waals surface area contributed by atoms with Gasteiger partial charge in [-0.3, -0.25) is 4.90 Å². The van der Waals surface area contributed by atoms with Crippen LogP contribution in [-0.2, 0) is 4.74 Å². The average molecular weight is 200 g/mol. The van der Waals surface area contributed by atoms with E-state index < -0.39 is 0 Å². The fraction of sp³-hybridized carbons (Fsp3) is 1.00. The molecule has 3 atom stereocenters. The lowest BCUT2D eigenvalue weighted by atomic mass is 9.97. The van der Waals surface area contributed by atoms with Gasteiger partial charge in [-0.25, -0.2) is 0 Å². The van der Waals surface area contributed by atoms with E-state index in [9.17, 15) is 0 Å². The van der Waals surface area contributed by atoms with Crippen LogP contribution in [0, 0.1) is 0 Å². The Balaban J connectivity index is 2.46. The van der Waals surface area contributed by atoms with E-state index in [0.29, 0.717) is 18.6 Å². The predicted octanol–water partition coefficient (Wildman–Crippen LogP) is 1.22. The molecule has 0 bridgehead atoms. The third-order valence-electron chi connectivity index (χ3n) is 3.39. The van der Waals surface area contributed by atoms with Gasteiger partial charge in [-0.1, -0.05) is 6.42 Å². The van der Waals surface area contributed by atoms with Crippen molar-refractivity contribution in [2.75, 3.05) is 20.2 Å². The number of hydrogen-bond acceptors (Lipinski definition) is 3. The molecule has 0 aromatic heterocycles. The molecule has 14 heavy (non-hydrogen) atoms. The molecule has 0 radical (unpaired) electrons. The van der Waals surface area contributed by atoms with Gasteiger partial charge in [-0.15, -0.1) is 0 Å². The number of ether oxygens (including phenoxy) is 1. The molecule has 0 aliphatic carbocycles. The van der Waals surface area contributed by atoms with E-state index in [2.05, 4.69) is 18.7 Å². The average Bonchev–Trinajstić information content (AvgIpc) is 2.18. The summed E-state index contributed by atoms with van der Waals surface area (Å²) in [5.74, 6) is 0. The summed E-state index contributed by atoms with van der Waals surface area (Å²) < 4.78 is 5.33. The SMILES string of the molecule is COC(CN)CN1[C@H](C)CCC[C@@H]1C. The second-order valence-electron chi connectivity index (χ2n) is 4.42. The zero-order valence-electron chi connectivity index (χ0n) is 9.70. The summed E-state index contributed by atoms with van der Waals surface area (Å²) in [5, 5.41) is 0. The van der Waals surface area contributed by atoms with Crippen LogP contribution in [0.25, 0.3) is 0 Å². The Kier molecular flexibility index (Phi) is 4.85. The summed E-state index contributed by atoms with van der Waals surface area (Å²) in [7, 11) is 1.75. The fourth-order valence-electron chi connectivity index (χ4n) is 2.32. The van der Waals surface area contributed by atoms with E-state index in [1.54, 1.807) is 7.11 Å². The Morgan fingerprint density at radius 1 is 1.36 bits per heavy atom. The molecule has 1 saturated heterocycles. The highest BCUT2D eigenvalue weighted by atomic mass is 16.5. The quantitative estimate of drug-likeness (QED) is 0.741. The number of hydrogen-bond donors (Lipinski definition) is 1. The predicted molar refractivity (Wildman–Crippen MR) is 59.3 cm³/mol. The molecule has 3 heteroatoms. The topological polar surface area (TPSA) is 38.5 Å². The maximum Gasteiger partial charge on any atom is 0.0820 e. The molecule has 1 heterocycles. The molecule has 84 valence electrons. The minimum Gasteiger partial charge on any atom is -0.379 e. The van der Waals surface area contributed by atoms with Gasteiger partial charge < -0.3 is 10.5 Å². The highest BCUT2D eigenvalue weighted by molar-refractivity contribution is 4.81. The third kappa shape index (κ3) is 2.94. The fourth-order valence-corrected chi connectivity index (χ4v) is 2.32. The molecule has 0 spiro atoms. The third-order valence-corrected chi connectivity index (χ3v) is 3.39. The van der Waals surface area contributed by atoms with Gasteiger partial charge in [0, 0.05) is 32.3 Å². The number of nitrogens with zero attached hydrogens (tertiary/aromatic N) is 1. The van der Waals surface area contributed by atoms with Crippen molar-refractivity contribution >= 4 is 0 Å². The van der Waals surface area contributed by atoms with Crippen molar-refractivity contribution in [1.29, 1.82) is 0 Å². The van der Waals surface area contributed by atoms with Crippen LogP contribution >= 0.6 is 0 Å². The Morgan fingerprint density at radius 2 is 1.93 bits per heavy atom. The number of likely N-dealkylation sites (tertiary alicyclic amines) is 1. The van der Waals surface area contributed by atoms with Crippen LogP contribution in [0.5, 0.6) is 0 Å². The van der Waals surface area contributed by atoms with Crippen LogP contribution in [0.2, 0.25) is 0 Å². The van der Waals surface area contributed by atoms with Crippen molar-refractivity contribution in [3.63, 3.8) is 0 Å². The van der Waals surface area contributed by atoms with Crippen LogP contribution in [0.3, 0.4) is 0 Å². The summed E-state index contributed by atoms with van der Waals surface area (Å²) in [5.41, 5.74) is 5.64. The Bertz CT molecular complexity index is 149. The van der Waals surface area contributed by atoms with E-state index in [-0.39, 0.29) is 6.10 Å². The van der Waals surface area contributed by atoms with Crippen molar-refractivity contribution in [3.8, 4) is 0 Å².